The van der Waals surface area contributed by atoms with Crippen LogP contribution in [0.4, 0.5) is 5.69 Å². The lowest BCUT2D eigenvalue weighted by Crippen LogP contribution is -2.14. The minimum Gasteiger partial charge on any atom is -0.465 e. The zero-order valence-corrected chi connectivity index (χ0v) is 9.75. The Hall–Kier alpha value is -1.55. The van der Waals surface area contributed by atoms with E-state index in [0.717, 1.165) is 25.2 Å². The Balaban J connectivity index is 2.60. The van der Waals surface area contributed by atoms with E-state index in [0.29, 0.717) is 5.56 Å². The molecule has 0 spiro atoms. The fourth-order valence-corrected chi connectivity index (χ4v) is 1.41. The first-order chi connectivity index (χ1) is 7.79. The number of benzene rings is 1. The lowest BCUT2D eigenvalue weighted by Gasteiger charge is -2.10. The monoisotopic (exact) mass is 222 g/mol. The highest BCUT2D eigenvalue weighted by Crippen LogP contribution is 2.15. The molecule has 88 valence electrons. The second-order valence-corrected chi connectivity index (χ2v) is 3.42. The molecule has 0 aromatic heterocycles. The molecule has 1 aromatic rings. The molecule has 0 aliphatic heterocycles. The summed E-state index contributed by atoms with van der Waals surface area (Å²) in [7, 11) is 3.31. The summed E-state index contributed by atoms with van der Waals surface area (Å²) in [5, 5.41) is 6.29. The van der Waals surface area contributed by atoms with Crippen LogP contribution in [0.1, 0.15) is 16.8 Å². The van der Waals surface area contributed by atoms with Gasteiger partial charge in [-0.05, 0) is 32.1 Å². The van der Waals surface area contributed by atoms with Gasteiger partial charge in [0.15, 0.2) is 0 Å². The van der Waals surface area contributed by atoms with Crippen LogP contribution < -0.4 is 10.6 Å². The Morgan fingerprint density at radius 3 is 2.75 bits per heavy atom. The van der Waals surface area contributed by atoms with E-state index < -0.39 is 0 Å². The number of esters is 1. The molecule has 16 heavy (non-hydrogen) atoms. The molecule has 0 aliphatic rings. The number of carbonyl (C=O) groups is 1. The molecule has 4 nitrogen and oxygen atoms in total. The van der Waals surface area contributed by atoms with Crippen LogP contribution in [-0.2, 0) is 4.74 Å². The van der Waals surface area contributed by atoms with Crippen LogP contribution in [-0.4, -0.2) is 33.2 Å². The van der Waals surface area contributed by atoms with Crippen molar-refractivity contribution in [3.8, 4) is 0 Å². The Morgan fingerprint density at radius 1 is 1.31 bits per heavy atom. The fourth-order valence-electron chi connectivity index (χ4n) is 1.41. The van der Waals surface area contributed by atoms with Crippen LogP contribution in [0.25, 0.3) is 0 Å². The van der Waals surface area contributed by atoms with Gasteiger partial charge in [0, 0.05) is 12.2 Å². The Bertz CT molecular complexity index is 340. The number of hydrogen-bond donors (Lipinski definition) is 2. The number of methoxy groups -OCH3 is 1. The van der Waals surface area contributed by atoms with Gasteiger partial charge in [-0.1, -0.05) is 12.1 Å². The van der Waals surface area contributed by atoms with Crippen molar-refractivity contribution >= 4 is 11.7 Å². The van der Waals surface area contributed by atoms with E-state index >= 15 is 0 Å². The molecule has 2 N–H and O–H groups in total. The average Bonchev–Trinajstić information content (AvgIpc) is 2.34. The standard InChI is InChI=1S/C12H18N2O2/c1-13-8-5-9-14-11-7-4-3-6-10(11)12(15)16-2/h3-4,6-7,13-14H,5,8-9H2,1-2H3. The fraction of sp³-hybridized carbons (Fsp3) is 0.417. The van der Waals surface area contributed by atoms with Gasteiger partial charge in [-0.3, -0.25) is 0 Å². The summed E-state index contributed by atoms with van der Waals surface area (Å²) in [5.41, 5.74) is 1.40. The predicted molar refractivity (Wildman–Crippen MR) is 64.8 cm³/mol. The summed E-state index contributed by atoms with van der Waals surface area (Å²) >= 11 is 0. The van der Waals surface area contributed by atoms with E-state index in [1.807, 2.05) is 25.2 Å². The van der Waals surface area contributed by atoms with Gasteiger partial charge in [-0.25, -0.2) is 4.79 Å². The maximum atomic E-state index is 11.4. The van der Waals surface area contributed by atoms with Crippen LogP contribution in [0.2, 0.25) is 0 Å². The molecule has 0 bridgehead atoms. The smallest absolute Gasteiger partial charge is 0.339 e. The highest BCUT2D eigenvalue weighted by atomic mass is 16.5. The first kappa shape index (κ1) is 12.5. The van der Waals surface area contributed by atoms with Gasteiger partial charge < -0.3 is 15.4 Å². The second-order valence-electron chi connectivity index (χ2n) is 3.42. The van der Waals surface area contributed by atoms with Gasteiger partial charge >= 0.3 is 5.97 Å². The number of ether oxygens (including phenoxy) is 1. The number of nitrogens with one attached hydrogen (secondary N) is 2. The summed E-state index contributed by atoms with van der Waals surface area (Å²) in [6.07, 6.45) is 1.01. The van der Waals surface area contributed by atoms with Crippen LogP contribution in [0.15, 0.2) is 24.3 Å². The molecule has 4 heteroatoms. The average molecular weight is 222 g/mol. The molecule has 0 amide bonds. The maximum absolute atomic E-state index is 11.4. The Kier molecular flexibility index (Phi) is 5.36. The van der Waals surface area contributed by atoms with Crippen molar-refractivity contribution in [1.29, 1.82) is 0 Å². The van der Waals surface area contributed by atoms with Gasteiger partial charge in [-0.2, -0.15) is 0 Å². The SMILES string of the molecule is CNCCCNc1ccccc1C(=O)OC. The van der Waals surface area contributed by atoms with Crippen molar-refractivity contribution in [2.45, 2.75) is 6.42 Å². The molecule has 0 saturated carbocycles. The van der Waals surface area contributed by atoms with E-state index in [4.69, 9.17) is 4.74 Å². The van der Waals surface area contributed by atoms with E-state index in [-0.39, 0.29) is 5.97 Å². The van der Waals surface area contributed by atoms with Gasteiger partial charge in [0.05, 0.1) is 12.7 Å². The second kappa shape index (κ2) is 6.85. The molecule has 0 unspecified atom stereocenters. The molecule has 1 rings (SSSR count). The van der Waals surface area contributed by atoms with Crippen LogP contribution >= 0.6 is 0 Å². The molecule has 0 fully saturated rings. The third kappa shape index (κ3) is 3.55. The highest BCUT2D eigenvalue weighted by Gasteiger charge is 2.09. The van der Waals surface area contributed by atoms with Crippen molar-refractivity contribution in [1.82, 2.24) is 5.32 Å². The number of para-hydroxylation sites is 1. The third-order valence-corrected chi connectivity index (χ3v) is 2.25. The zero-order chi connectivity index (χ0) is 11.8. The molecule has 0 atom stereocenters. The van der Waals surface area contributed by atoms with Crippen LogP contribution in [0.5, 0.6) is 0 Å². The van der Waals surface area contributed by atoms with Gasteiger partial charge in [0.1, 0.15) is 0 Å². The topological polar surface area (TPSA) is 50.4 Å². The lowest BCUT2D eigenvalue weighted by molar-refractivity contribution is 0.0602. The number of rotatable bonds is 6. The van der Waals surface area contributed by atoms with Crippen molar-refractivity contribution in [3.63, 3.8) is 0 Å². The van der Waals surface area contributed by atoms with Crippen molar-refractivity contribution in [2.75, 3.05) is 32.6 Å². The molecule has 0 radical (unpaired) electrons. The molecule has 1 aromatic carbocycles. The van der Waals surface area contributed by atoms with Crippen LogP contribution in [0, 0.1) is 0 Å². The maximum Gasteiger partial charge on any atom is 0.339 e. The Labute approximate surface area is 96.0 Å². The Morgan fingerprint density at radius 2 is 2.06 bits per heavy atom. The summed E-state index contributed by atoms with van der Waals surface area (Å²) < 4.78 is 4.71. The normalized spacial score (nSPS) is 9.88. The molecule has 0 aliphatic carbocycles. The number of hydrogen-bond acceptors (Lipinski definition) is 4. The van der Waals surface area contributed by atoms with E-state index in [1.54, 1.807) is 6.07 Å². The minimum atomic E-state index is -0.309. The predicted octanol–water partition coefficient (Wildman–Crippen LogP) is 1.49. The highest BCUT2D eigenvalue weighted by molar-refractivity contribution is 5.95. The molecule has 0 saturated heterocycles. The van der Waals surface area contributed by atoms with Gasteiger partial charge in [0.25, 0.3) is 0 Å². The van der Waals surface area contributed by atoms with Crippen molar-refractivity contribution in [2.24, 2.45) is 0 Å². The number of anilines is 1. The summed E-state index contributed by atoms with van der Waals surface area (Å²) in [5.74, 6) is -0.309. The van der Waals surface area contributed by atoms with E-state index in [2.05, 4.69) is 10.6 Å². The van der Waals surface area contributed by atoms with Crippen molar-refractivity contribution in [3.05, 3.63) is 29.8 Å². The zero-order valence-electron chi connectivity index (χ0n) is 9.75. The third-order valence-electron chi connectivity index (χ3n) is 2.25. The van der Waals surface area contributed by atoms with E-state index in [1.165, 1.54) is 7.11 Å². The summed E-state index contributed by atoms with van der Waals surface area (Å²) in [6, 6.07) is 7.36. The molecule has 0 heterocycles. The lowest BCUT2D eigenvalue weighted by atomic mass is 10.2. The summed E-state index contributed by atoms with van der Waals surface area (Å²) in [4.78, 5) is 11.4. The first-order valence-corrected chi connectivity index (χ1v) is 5.35. The minimum absolute atomic E-state index is 0.309. The quantitative estimate of drug-likeness (QED) is 0.565. The molecular weight excluding hydrogens is 204 g/mol. The largest absolute Gasteiger partial charge is 0.465 e. The number of carbonyl (C=O) groups excluding carboxylic acids is 1. The molecular formula is C12H18N2O2. The summed E-state index contributed by atoms with van der Waals surface area (Å²) in [6.45, 7) is 1.78. The first-order valence-electron chi connectivity index (χ1n) is 5.35. The van der Waals surface area contributed by atoms with E-state index in [9.17, 15) is 4.79 Å². The van der Waals surface area contributed by atoms with Crippen molar-refractivity contribution < 1.29 is 9.53 Å². The van der Waals surface area contributed by atoms with Gasteiger partial charge in [-0.15, -0.1) is 0 Å². The van der Waals surface area contributed by atoms with Crippen LogP contribution in [0.3, 0.4) is 0 Å². The van der Waals surface area contributed by atoms with Gasteiger partial charge in [0.2, 0.25) is 0 Å².